The first-order valence-electron chi connectivity index (χ1n) is 7.36. The molecule has 0 unspecified atom stereocenters. The lowest BCUT2D eigenvalue weighted by Crippen LogP contribution is -2.34. The van der Waals surface area contributed by atoms with E-state index in [-0.39, 0.29) is 17.9 Å². The van der Waals surface area contributed by atoms with Crippen molar-refractivity contribution >= 4 is 17.5 Å². The summed E-state index contributed by atoms with van der Waals surface area (Å²) >= 11 is 6.10. The molecule has 1 N–H and O–H groups in total. The number of nitrogens with zero attached hydrogens (tertiary/aromatic N) is 1. The third kappa shape index (κ3) is 3.37. The molecule has 0 radical (unpaired) electrons. The van der Waals surface area contributed by atoms with Crippen molar-refractivity contribution in [1.29, 1.82) is 0 Å². The molecule has 112 valence electrons. The zero-order chi connectivity index (χ0) is 15.4. The number of carbonyl (C=O) groups excluding carboxylic acids is 1. The topological polar surface area (TPSA) is 42.0 Å². The fourth-order valence-electron chi connectivity index (χ4n) is 2.65. The average molecular weight is 313 g/mol. The van der Waals surface area contributed by atoms with Gasteiger partial charge in [0.25, 0.3) is 0 Å². The molecule has 0 spiro atoms. The molecule has 0 bridgehead atoms. The maximum Gasteiger partial charge on any atom is 0.224 e. The highest BCUT2D eigenvalue weighted by Gasteiger charge is 2.24. The van der Waals surface area contributed by atoms with E-state index in [0.717, 1.165) is 24.1 Å². The van der Waals surface area contributed by atoms with Crippen LogP contribution in [-0.4, -0.2) is 10.9 Å². The number of carbonyl (C=O) groups is 1. The Morgan fingerprint density at radius 1 is 1.18 bits per heavy atom. The lowest BCUT2D eigenvalue weighted by molar-refractivity contribution is -0.125. The predicted molar refractivity (Wildman–Crippen MR) is 87.5 cm³/mol. The summed E-state index contributed by atoms with van der Waals surface area (Å²) in [6.07, 6.45) is 7.45. The molecule has 1 atom stereocenters. The maximum atomic E-state index is 12.5. The van der Waals surface area contributed by atoms with Crippen LogP contribution >= 0.6 is 11.6 Å². The number of benzene rings is 1. The van der Waals surface area contributed by atoms with E-state index in [1.165, 1.54) is 0 Å². The van der Waals surface area contributed by atoms with Crippen LogP contribution in [0.25, 0.3) is 0 Å². The number of hydrogen-bond acceptors (Lipinski definition) is 2. The molecule has 3 rings (SSSR count). The van der Waals surface area contributed by atoms with Gasteiger partial charge in [0.15, 0.2) is 0 Å². The molecule has 1 heterocycles. The molecule has 1 amide bonds. The van der Waals surface area contributed by atoms with Crippen molar-refractivity contribution in [3.63, 3.8) is 0 Å². The molecule has 1 aromatic carbocycles. The Bertz CT molecular complexity index is 676. The van der Waals surface area contributed by atoms with Crippen LogP contribution in [0.5, 0.6) is 0 Å². The Morgan fingerprint density at radius 2 is 2.00 bits per heavy atom. The van der Waals surface area contributed by atoms with Crippen molar-refractivity contribution in [2.75, 3.05) is 0 Å². The molecule has 0 saturated carbocycles. The Balaban J connectivity index is 1.88. The quantitative estimate of drug-likeness (QED) is 0.870. The van der Waals surface area contributed by atoms with Crippen molar-refractivity contribution in [3.05, 3.63) is 77.1 Å². The molecule has 0 fully saturated rings. The van der Waals surface area contributed by atoms with Crippen molar-refractivity contribution in [2.45, 2.75) is 18.9 Å². The first-order valence-corrected chi connectivity index (χ1v) is 7.73. The van der Waals surface area contributed by atoms with Gasteiger partial charge in [0.1, 0.15) is 0 Å². The molecule has 1 aliphatic rings. The highest BCUT2D eigenvalue weighted by atomic mass is 35.5. The Labute approximate surface area is 135 Å². The van der Waals surface area contributed by atoms with Gasteiger partial charge in [-0.25, -0.2) is 0 Å². The van der Waals surface area contributed by atoms with Crippen molar-refractivity contribution in [3.8, 4) is 0 Å². The number of hydrogen-bond donors (Lipinski definition) is 1. The molecule has 0 saturated heterocycles. The lowest BCUT2D eigenvalue weighted by Gasteiger charge is -2.21. The minimum Gasteiger partial charge on any atom is -0.343 e. The minimum atomic E-state index is -0.284. The van der Waals surface area contributed by atoms with E-state index in [1.54, 1.807) is 6.20 Å². The SMILES string of the molecule is O=C(N[C@H](c1cccc(Cl)c1)c1ccccn1)C1CC=CC1. The number of rotatable bonds is 4. The van der Waals surface area contributed by atoms with E-state index >= 15 is 0 Å². The third-order valence-electron chi connectivity index (χ3n) is 3.83. The van der Waals surface area contributed by atoms with E-state index in [0.29, 0.717) is 5.02 Å². The highest BCUT2D eigenvalue weighted by molar-refractivity contribution is 6.30. The fraction of sp³-hybridized carbons (Fsp3) is 0.222. The Kier molecular flexibility index (Phi) is 4.54. The second-order valence-corrected chi connectivity index (χ2v) is 5.83. The summed E-state index contributed by atoms with van der Waals surface area (Å²) in [5.41, 5.74) is 1.74. The van der Waals surface area contributed by atoms with E-state index in [2.05, 4.69) is 22.5 Å². The van der Waals surface area contributed by atoms with Gasteiger partial charge in [0.05, 0.1) is 11.7 Å². The number of aromatic nitrogens is 1. The number of pyridine rings is 1. The van der Waals surface area contributed by atoms with Gasteiger partial charge < -0.3 is 5.32 Å². The first kappa shape index (κ1) is 14.8. The van der Waals surface area contributed by atoms with Gasteiger partial charge in [0, 0.05) is 17.1 Å². The molecule has 1 aromatic heterocycles. The minimum absolute atomic E-state index is 0.0189. The number of amides is 1. The molecule has 22 heavy (non-hydrogen) atoms. The maximum absolute atomic E-state index is 12.5. The van der Waals surface area contributed by atoms with Gasteiger partial charge >= 0.3 is 0 Å². The standard InChI is InChI=1S/C18H17ClN2O/c19-15-9-5-8-14(12-15)17(16-10-3-4-11-20-16)21-18(22)13-6-1-2-7-13/h1-5,8-13,17H,6-7H2,(H,21,22)/t17-/m1/s1. The van der Waals surface area contributed by atoms with E-state index < -0.39 is 0 Å². The summed E-state index contributed by atoms with van der Waals surface area (Å²) < 4.78 is 0. The summed E-state index contributed by atoms with van der Waals surface area (Å²) in [6, 6.07) is 12.9. The van der Waals surface area contributed by atoms with Gasteiger partial charge in [-0.2, -0.15) is 0 Å². The summed E-state index contributed by atoms with van der Waals surface area (Å²) in [5, 5.41) is 3.77. The van der Waals surface area contributed by atoms with Crippen LogP contribution in [0.15, 0.2) is 60.8 Å². The summed E-state index contributed by atoms with van der Waals surface area (Å²) in [5.74, 6) is 0.0750. The number of allylic oxidation sites excluding steroid dienone is 2. The van der Waals surface area contributed by atoms with Gasteiger partial charge in [0.2, 0.25) is 5.91 Å². The highest BCUT2D eigenvalue weighted by Crippen LogP contribution is 2.25. The van der Waals surface area contributed by atoms with Crippen molar-refractivity contribution < 1.29 is 4.79 Å². The molecule has 1 aliphatic carbocycles. The smallest absolute Gasteiger partial charge is 0.224 e. The zero-order valence-electron chi connectivity index (χ0n) is 12.1. The van der Waals surface area contributed by atoms with Gasteiger partial charge in [-0.3, -0.25) is 9.78 Å². The second-order valence-electron chi connectivity index (χ2n) is 5.39. The van der Waals surface area contributed by atoms with E-state index in [9.17, 15) is 4.79 Å². The Hall–Kier alpha value is -2.13. The summed E-state index contributed by atoms with van der Waals surface area (Å²) in [7, 11) is 0. The lowest BCUT2D eigenvalue weighted by atomic mass is 10.0. The van der Waals surface area contributed by atoms with Crippen molar-refractivity contribution in [2.24, 2.45) is 5.92 Å². The normalized spacial score (nSPS) is 15.7. The fourth-order valence-corrected chi connectivity index (χ4v) is 2.85. The number of nitrogens with one attached hydrogen (secondary N) is 1. The molecule has 4 heteroatoms. The summed E-state index contributed by atoms with van der Waals surface area (Å²) in [4.78, 5) is 16.9. The largest absolute Gasteiger partial charge is 0.343 e. The van der Waals surface area contributed by atoms with Crippen LogP contribution in [0.3, 0.4) is 0 Å². The van der Waals surface area contributed by atoms with Crippen molar-refractivity contribution in [1.82, 2.24) is 10.3 Å². The average Bonchev–Trinajstić information content (AvgIpc) is 3.08. The zero-order valence-corrected chi connectivity index (χ0v) is 12.8. The molecule has 0 aliphatic heterocycles. The van der Waals surface area contributed by atoms with Crippen LogP contribution < -0.4 is 5.32 Å². The van der Waals surface area contributed by atoms with Gasteiger partial charge in [-0.1, -0.05) is 42.0 Å². The second kappa shape index (κ2) is 6.75. The Morgan fingerprint density at radius 3 is 2.68 bits per heavy atom. The van der Waals surface area contributed by atoms with Crippen LogP contribution in [0.1, 0.15) is 30.1 Å². The van der Waals surface area contributed by atoms with Crippen LogP contribution in [0.2, 0.25) is 5.02 Å². The summed E-state index contributed by atoms with van der Waals surface area (Å²) in [6.45, 7) is 0. The monoisotopic (exact) mass is 312 g/mol. The van der Waals surface area contributed by atoms with Gasteiger partial charge in [-0.15, -0.1) is 0 Å². The molecule has 3 nitrogen and oxygen atoms in total. The molecular weight excluding hydrogens is 296 g/mol. The van der Waals surface area contributed by atoms with Crippen LogP contribution in [0, 0.1) is 5.92 Å². The van der Waals surface area contributed by atoms with Crippen LogP contribution in [-0.2, 0) is 4.79 Å². The van der Waals surface area contributed by atoms with E-state index in [1.807, 2.05) is 42.5 Å². The van der Waals surface area contributed by atoms with E-state index in [4.69, 9.17) is 11.6 Å². The third-order valence-corrected chi connectivity index (χ3v) is 4.07. The number of halogens is 1. The molecular formula is C18H17ClN2O. The molecule has 2 aromatic rings. The van der Waals surface area contributed by atoms with Crippen LogP contribution in [0.4, 0.5) is 0 Å². The van der Waals surface area contributed by atoms with Gasteiger partial charge in [-0.05, 0) is 42.7 Å². The first-order chi connectivity index (χ1) is 10.7. The predicted octanol–water partition coefficient (Wildman–Crippen LogP) is 3.91.